The van der Waals surface area contributed by atoms with E-state index in [4.69, 9.17) is 5.73 Å². The van der Waals surface area contributed by atoms with Gasteiger partial charge >= 0.3 is 0 Å². The summed E-state index contributed by atoms with van der Waals surface area (Å²) in [4.78, 5) is 11.4. The number of nitrogens with two attached hydrogens (primary N) is 1. The molecule has 19 heavy (non-hydrogen) atoms. The molecule has 1 fully saturated rings. The van der Waals surface area contributed by atoms with E-state index >= 15 is 0 Å². The average Bonchev–Trinajstić information content (AvgIpc) is 2.71. The van der Waals surface area contributed by atoms with Crippen LogP contribution in [-0.2, 0) is 0 Å². The molecule has 0 spiro atoms. The molecule has 0 saturated carbocycles. The highest BCUT2D eigenvalue weighted by Crippen LogP contribution is 2.26. The first-order valence-electron chi connectivity index (χ1n) is 7.37. The van der Waals surface area contributed by atoms with Crippen LogP contribution in [0.2, 0.25) is 0 Å². The second-order valence-electron chi connectivity index (χ2n) is 5.97. The summed E-state index contributed by atoms with van der Waals surface area (Å²) in [5.41, 5.74) is 7.36. The summed E-state index contributed by atoms with van der Waals surface area (Å²) in [5, 5.41) is 0. The van der Waals surface area contributed by atoms with Gasteiger partial charge in [0, 0.05) is 30.9 Å². The molecule has 0 radical (unpaired) electrons. The third-order valence-electron chi connectivity index (χ3n) is 3.91. The van der Waals surface area contributed by atoms with E-state index in [1.54, 1.807) is 0 Å². The van der Waals surface area contributed by atoms with E-state index < -0.39 is 0 Å². The fourth-order valence-electron chi connectivity index (χ4n) is 2.79. The summed E-state index contributed by atoms with van der Waals surface area (Å²) in [6.45, 7) is 10.5. The minimum absolute atomic E-state index is 0.276. The third-order valence-corrected chi connectivity index (χ3v) is 3.91. The lowest BCUT2D eigenvalue weighted by Crippen LogP contribution is -2.29. The maximum atomic E-state index is 6.24. The van der Waals surface area contributed by atoms with E-state index in [0.29, 0.717) is 11.8 Å². The van der Waals surface area contributed by atoms with E-state index in [2.05, 4.69) is 41.7 Å². The zero-order valence-electron chi connectivity index (χ0n) is 12.6. The summed E-state index contributed by atoms with van der Waals surface area (Å²) < 4.78 is 0. The van der Waals surface area contributed by atoms with Crippen molar-refractivity contribution < 1.29 is 0 Å². The zero-order chi connectivity index (χ0) is 14.0. The van der Waals surface area contributed by atoms with Crippen molar-refractivity contribution in [2.75, 3.05) is 18.0 Å². The van der Waals surface area contributed by atoms with Crippen molar-refractivity contribution in [1.82, 2.24) is 9.97 Å². The average molecular weight is 262 g/mol. The van der Waals surface area contributed by atoms with Crippen LogP contribution in [0, 0.1) is 12.8 Å². The molecule has 4 heteroatoms. The van der Waals surface area contributed by atoms with Gasteiger partial charge in [0.1, 0.15) is 11.6 Å². The topological polar surface area (TPSA) is 55.0 Å². The van der Waals surface area contributed by atoms with Crippen molar-refractivity contribution in [3.63, 3.8) is 0 Å². The summed E-state index contributed by atoms with van der Waals surface area (Å²) >= 11 is 0. The lowest BCUT2D eigenvalue weighted by molar-refractivity contribution is 0.472. The van der Waals surface area contributed by atoms with Crippen LogP contribution in [0.15, 0.2) is 6.07 Å². The Morgan fingerprint density at radius 2 is 2.11 bits per heavy atom. The van der Waals surface area contributed by atoms with Crippen LogP contribution >= 0.6 is 0 Å². The van der Waals surface area contributed by atoms with Gasteiger partial charge in [-0.1, -0.05) is 27.2 Å². The van der Waals surface area contributed by atoms with Crippen LogP contribution in [0.4, 0.5) is 5.82 Å². The number of aromatic nitrogens is 2. The highest BCUT2D eigenvalue weighted by Gasteiger charge is 2.30. The molecule has 2 atom stereocenters. The molecule has 1 aromatic rings. The minimum atomic E-state index is 0.276. The minimum Gasteiger partial charge on any atom is -0.355 e. The zero-order valence-corrected chi connectivity index (χ0v) is 12.6. The lowest BCUT2D eigenvalue weighted by atomic mass is 9.99. The van der Waals surface area contributed by atoms with Gasteiger partial charge in [0.05, 0.1) is 0 Å². The van der Waals surface area contributed by atoms with Crippen LogP contribution in [-0.4, -0.2) is 29.1 Å². The molecule has 0 aromatic carbocycles. The molecule has 0 amide bonds. The maximum absolute atomic E-state index is 6.24. The first-order valence-corrected chi connectivity index (χ1v) is 7.37. The Labute approximate surface area is 116 Å². The Balaban J connectivity index is 2.19. The van der Waals surface area contributed by atoms with Crippen molar-refractivity contribution in [1.29, 1.82) is 0 Å². The lowest BCUT2D eigenvalue weighted by Gasteiger charge is -2.19. The molecule has 4 nitrogen and oxygen atoms in total. The largest absolute Gasteiger partial charge is 0.355 e. The van der Waals surface area contributed by atoms with E-state index in [9.17, 15) is 0 Å². The molecular formula is C15H26N4. The summed E-state index contributed by atoms with van der Waals surface area (Å²) in [6.07, 6.45) is 2.41. The van der Waals surface area contributed by atoms with Crippen molar-refractivity contribution in [2.24, 2.45) is 11.7 Å². The van der Waals surface area contributed by atoms with Crippen LogP contribution in [0.3, 0.4) is 0 Å². The van der Waals surface area contributed by atoms with Gasteiger partial charge in [0.25, 0.3) is 0 Å². The second kappa shape index (κ2) is 5.87. The molecule has 2 heterocycles. The fraction of sp³-hybridized carbons (Fsp3) is 0.733. The highest BCUT2D eigenvalue weighted by atomic mass is 15.2. The van der Waals surface area contributed by atoms with Crippen molar-refractivity contribution >= 4 is 5.82 Å². The Kier molecular flexibility index (Phi) is 4.40. The van der Waals surface area contributed by atoms with Gasteiger partial charge in [0.15, 0.2) is 0 Å². The monoisotopic (exact) mass is 262 g/mol. The van der Waals surface area contributed by atoms with Gasteiger partial charge in [-0.15, -0.1) is 0 Å². The standard InChI is InChI=1S/C15H26N4/c1-5-6-12-8-19(9-13(12)16)15-7-14(10(2)3)17-11(4)18-15/h7,10,12-13H,5-6,8-9,16H2,1-4H3/t12-,13-/m0/s1. The van der Waals surface area contributed by atoms with Gasteiger partial charge in [-0.05, 0) is 25.2 Å². The second-order valence-corrected chi connectivity index (χ2v) is 5.97. The van der Waals surface area contributed by atoms with Gasteiger partial charge in [-0.25, -0.2) is 9.97 Å². The van der Waals surface area contributed by atoms with Crippen molar-refractivity contribution in [3.05, 3.63) is 17.6 Å². The smallest absolute Gasteiger partial charge is 0.132 e. The Morgan fingerprint density at radius 1 is 1.37 bits per heavy atom. The Bertz CT molecular complexity index is 430. The molecule has 0 bridgehead atoms. The van der Waals surface area contributed by atoms with E-state index in [0.717, 1.165) is 30.4 Å². The number of rotatable bonds is 4. The SMILES string of the molecule is CCC[C@H]1CN(c2cc(C(C)C)nc(C)n2)C[C@@H]1N. The predicted octanol–water partition coefficient (Wildman–Crippen LogP) is 2.47. The molecule has 2 N–H and O–H groups in total. The van der Waals surface area contributed by atoms with E-state index in [-0.39, 0.29) is 6.04 Å². The van der Waals surface area contributed by atoms with E-state index in [1.807, 2.05) is 6.92 Å². The molecule has 0 unspecified atom stereocenters. The number of nitrogens with zero attached hydrogens (tertiary/aromatic N) is 3. The van der Waals surface area contributed by atoms with Crippen molar-refractivity contribution in [2.45, 2.75) is 52.5 Å². The normalized spacial score (nSPS) is 23.4. The van der Waals surface area contributed by atoms with Gasteiger partial charge in [-0.3, -0.25) is 0 Å². The van der Waals surface area contributed by atoms with Crippen LogP contribution in [0.1, 0.15) is 51.0 Å². The van der Waals surface area contributed by atoms with Gasteiger partial charge in [-0.2, -0.15) is 0 Å². The molecule has 106 valence electrons. The number of anilines is 1. The first kappa shape index (κ1) is 14.3. The predicted molar refractivity (Wildman–Crippen MR) is 79.4 cm³/mol. The maximum Gasteiger partial charge on any atom is 0.132 e. The first-order chi connectivity index (χ1) is 9.01. The van der Waals surface area contributed by atoms with Gasteiger partial charge in [0.2, 0.25) is 0 Å². The molecule has 1 saturated heterocycles. The third kappa shape index (κ3) is 3.24. The highest BCUT2D eigenvalue weighted by molar-refractivity contribution is 5.42. The van der Waals surface area contributed by atoms with Crippen LogP contribution in [0.25, 0.3) is 0 Å². The Hall–Kier alpha value is -1.16. The van der Waals surface area contributed by atoms with Gasteiger partial charge < -0.3 is 10.6 Å². The summed E-state index contributed by atoms with van der Waals surface area (Å²) in [7, 11) is 0. The summed E-state index contributed by atoms with van der Waals surface area (Å²) in [6, 6.07) is 2.40. The quantitative estimate of drug-likeness (QED) is 0.905. The van der Waals surface area contributed by atoms with Crippen LogP contribution in [0.5, 0.6) is 0 Å². The molecule has 1 aliphatic heterocycles. The summed E-state index contributed by atoms with van der Waals surface area (Å²) in [5.74, 6) is 2.94. The fourth-order valence-corrected chi connectivity index (χ4v) is 2.79. The number of hydrogen-bond donors (Lipinski definition) is 1. The number of hydrogen-bond acceptors (Lipinski definition) is 4. The Morgan fingerprint density at radius 3 is 2.74 bits per heavy atom. The molecular weight excluding hydrogens is 236 g/mol. The molecule has 1 aromatic heterocycles. The molecule has 1 aliphatic rings. The van der Waals surface area contributed by atoms with Crippen molar-refractivity contribution in [3.8, 4) is 0 Å². The molecule has 2 rings (SSSR count). The van der Waals surface area contributed by atoms with Crippen LogP contribution < -0.4 is 10.6 Å². The molecule has 0 aliphatic carbocycles. The van der Waals surface area contributed by atoms with E-state index in [1.165, 1.54) is 12.8 Å². The number of aryl methyl sites for hydroxylation is 1.